The average molecular weight is 276 g/mol. The van der Waals surface area contributed by atoms with Crippen molar-refractivity contribution in [2.75, 3.05) is 62.2 Å². The van der Waals surface area contributed by atoms with E-state index in [1.165, 1.54) is 0 Å². The molecule has 0 radical (unpaired) electrons. The predicted molar refractivity (Wildman–Crippen MR) is 72.1 cm³/mol. The molecule has 0 N–H and O–H groups in total. The first-order valence-corrected chi connectivity index (χ1v) is 6.42. The minimum atomic E-state index is -0.364. The van der Waals surface area contributed by atoms with E-state index in [0.29, 0.717) is 17.8 Å². The number of ether oxygens (including phenoxy) is 2. The van der Waals surface area contributed by atoms with Crippen molar-refractivity contribution in [1.29, 1.82) is 0 Å². The molecular formula is C13H28N2O4+2. The Morgan fingerprint density at radius 1 is 0.789 bits per heavy atom. The Morgan fingerprint density at radius 2 is 1.26 bits per heavy atom. The van der Waals surface area contributed by atoms with Gasteiger partial charge in [0, 0.05) is 0 Å². The van der Waals surface area contributed by atoms with Crippen molar-refractivity contribution >= 4 is 11.9 Å². The number of nitrogens with zero attached hydrogens (tertiary/aromatic N) is 2. The molecule has 0 amide bonds. The van der Waals surface area contributed by atoms with Gasteiger partial charge in [-0.25, -0.2) is 0 Å². The lowest BCUT2D eigenvalue weighted by Gasteiger charge is -2.23. The zero-order valence-electron chi connectivity index (χ0n) is 13.1. The molecule has 0 spiro atoms. The first-order chi connectivity index (χ1) is 8.49. The third kappa shape index (κ3) is 13.1. The van der Waals surface area contributed by atoms with Crippen LogP contribution in [-0.4, -0.2) is 83.1 Å². The van der Waals surface area contributed by atoms with Crippen molar-refractivity contribution in [3.63, 3.8) is 0 Å². The van der Waals surface area contributed by atoms with E-state index < -0.39 is 0 Å². The van der Waals surface area contributed by atoms with Crippen LogP contribution < -0.4 is 0 Å². The van der Waals surface area contributed by atoms with E-state index in [0.717, 1.165) is 11.0 Å². The molecule has 19 heavy (non-hydrogen) atoms. The fourth-order valence-electron chi connectivity index (χ4n) is 1.05. The molecule has 0 aliphatic rings. The van der Waals surface area contributed by atoms with Crippen LogP contribution >= 0.6 is 0 Å². The summed E-state index contributed by atoms with van der Waals surface area (Å²) in [7, 11) is 11.8. The van der Waals surface area contributed by atoms with Crippen LogP contribution in [0, 0.1) is 0 Å². The Balaban J connectivity index is 3.70. The lowest BCUT2D eigenvalue weighted by Crippen LogP contribution is -2.38. The summed E-state index contributed by atoms with van der Waals surface area (Å²) in [5.41, 5.74) is 0. The minimum absolute atomic E-state index is 0.0726. The van der Waals surface area contributed by atoms with Gasteiger partial charge in [-0.1, -0.05) is 0 Å². The lowest BCUT2D eigenvalue weighted by atomic mass is 10.3. The van der Waals surface area contributed by atoms with Gasteiger partial charge in [-0.2, -0.15) is 0 Å². The molecule has 6 heteroatoms. The summed E-state index contributed by atoms with van der Waals surface area (Å²) in [5, 5.41) is 0. The first kappa shape index (κ1) is 17.9. The van der Waals surface area contributed by atoms with Crippen LogP contribution in [0.15, 0.2) is 0 Å². The third-order valence-corrected chi connectivity index (χ3v) is 2.17. The summed E-state index contributed by atoms with van der Waals surface area (Å²) in [6.45, 7) is 1.42. The molecule has 112 valence electrons. The molecular weight excluding hydrogens is 248 g/mol. The fourth-order valence-corrected chi connectivity index (χ4v) is 1.05. The van der Waals surface area contributed by atoms with Crippen molar-refractivity contribution < 1.29 is 28.0 Å². The highest BCUT2D eigenvalue weighted by molar-refractivity contribution is 5.77. The Morgan fingerprint density at radius 3 is 1.68 bits per heavy atom. The zero-order valence-corrected chi connectivity index (χ0v) is 13.1. The highest BCUT2D eigenvalue weighted by Gasteiger charge is 2.14. The smallest absolute Gasteiger partial charge is 0.310 e. The molecule has 0 bridgehead atoms. The summed E-state index contributed by atoms with van der Waals surface area (Å²) in [6, 6.07) is 0. The van der Waals surface area contributed by atoms with E-state index in [1.54, 1.807) is 0 Å². The van der Waals surface area contributed by atoms with Gasteiger partial charge in [0.1, 0.15) is 13.2 Å². The van der Waals surface area contributed by atoms with Gasteiger partial charge in [0.05, 0.1) is 55.1 Å². The SMILES string of the molecule is C[N+](C)(C)CCOC(=O)CCC(=O)OC[N+](C)(C)C. The maximum atomic E-state index is 11.4. The molecule has 0 heterocycles. The highest BCUT2D eigenvalue weighted by Crippen LogP contribution is 1.99. The summed E-state index contributed by atoms with van der Waals surface area (Å²) in [6.07, 6.45) is 0.149. The molecule has 0 aromatic carbocycles. The van der Waals surface area contributed by atoms with Crippen molar-refractivity contribution in [3.05, 3.63) is 0 Å². The van der Waals surface area contributed by atoms with Crippen molar-refractivity contribution in [2.45, 2.75) is 12.8 Å². The van der Waals surface area contributed by atoms with Gasteiger partial charge in [0.15, 0.2) is 0 Å². The van der Waals surface area contributed by atoms with E-state index in [1.807, 2.05) is 42.3 Å². The van der Waals surface area contributed by atoms with Gasteiger partial charge >= 0.3 is 11.9 Å². The zero-order chi connectivity index (χ0) is 15.1. The number of hydrogen-bond donors (Lipinski definition) is 0. The molecule has 0 fully saturated rings. The van der Waals surface area contributed by atoms with Crippen molar-refractivity contribution in [3.8, 4) is 0 Å². The number of carbonyl (C=O) groups excluding carboxylic acids is 2. The maximum absolute atomic E-state index is 11.4. The van der Waals surface area contributed by atoms with E-state index in [2.05, 4.69) is 0 Å². The van der Waals surface area contributed by atoms with Gasteiger partial charge in [0.25, 0.3) is 0 Å². The van der Waals surface area contributed by atoms with Gasteiger partial charge in [-0.15, -0.1) is 0 Å². The second kappa shape index (κ2) is 7.45. The molecule has 6 nitrogen and oxygen atoms in total. The minimum Gasteiger partial charge on any atom is -0.460 e. The lowest BCUT2D eigenvalue weighted by molar-refractivity contribution is -0.888. The monoisotopic (exact) mass is 276 g/mol. The van der Waals surface area contributed by atoms with Crippen LogP contribution in [0.2, 0.25) is 0 Å². The second-order valence-corrected chi connectivity index (χ2v) is 6.67. The topological polar surface area (TPSA) is 52.6 Å². The molecule has 0 atom stereocenters. The Labute approximate surface area is 116 Å². The van der Waals surface area contributed by atoms with E-state index in [4.69, 9.17) is 9.47 Å². The Kier molecular flexibility index (Phi) is 7.00. The van der Waals surface area contributed by atoms with Crippen LogP contribution in [0.4, 0.5) is 0 Å². The van der Waals surface area contributed by atoms with Gasteiger partial charge in [-0.3, -0.25) is 14.1 Å². The molecule has 0 aliphatic heterocycles. The molecule has 0 rings (SSSR count). The van der Waals surface area contributed by atoms with Crippen LogP contribution in [0.5, 0.6) is 0 Å². The Bertz CT molecular complexity index is 303. The average Bonchev–Trinajstić information content (AvgIpc) is 2.20. The maximum Gasteiger partial charge on any atom is 0.310 e. The van der Waals surface area contributed by atoms with Crippen molar-refractivity contribution in [2.24, 2.45) is 0 Å². The molecule has 0 aromatic heterocycles. The molecule has 0 saturated heterocycles. The number of carbonyl (C=O) groups is 2. The van der Waals surface area contributed by atoms with Crippen LogP contribution in [0.1, 0.15) is 12.8 Å². The summed E-state index contributed by atoms with van der Waals surface area (Å²) < 4.78 is 11.4. The Hall–Kier alpha value is -1.14. The van der Waals surface area contributed by atoms with E-state index >= 15 is 0 Å². The molecule has 0 aromatic rings. The van der Waals surface area contributed by atoms with Crippen LogP contribution in [0.3, 0.4) is 0 Å². The number of quaternary nitrogens is 2. The predicted octanol–water partition coefficient (Wildman–Crippen LogP) is 0.223. The third-order valence-electron chi connectivity index (χ3n) is 2.17. The first-order valence-electron chi connectivity index (χ1n) is 6.42. The normalized spacial score (nSPS) is 12.1. The van der Waals surface area contributed by atoms with Gasteiger partial charge in [0.2, 0.25) is 6.73 Å². The highest BCUT2D eigenvalue weighted by atomic mass is 16.5. The number of likely N-dealkylation sites (N-methyl/N-ethyl adjacent to an activating group) is 1. The van der Waals surface area contributed by atoms with Crippen LogP contribution in [0.25, 0.3) is 0 Å². The molecule has 0 aliphatic carbocycles. The fraction of sp³-hybridized carbons (Fsp3) is 0.846. The van der Waals surface area contributed by atoms with Gasteiger partial charge < -0.3 is 14.0 Å². The number of hydrogen-bond acceptors (Lipinski definition) is 4. The summed E-state index contributed by atoms with van der Waals surface area (Å²) in [5.74, 6) is -0.716. The number of esters is 2. The standard InChI is InChI=1S/C13H28N2O4/c1-14(2,3)9-10-18-12(16)7-8-13(17)19-11-15(4,5)6/h7-11H2,1-6H3/q+2. The van der Waals surface area contributed by atoms with Gasteiger partial charge in [-0.05, 0) is 0 Å². The van der Waals surface area contributed by atoms with E-state index in [9.17, 15) is 9.59 Å². The molecule has 0 unspecified atom stereocenters. The van der Waals surface area contributed by atoms with E-state index in [-0.39, 0.29) is 24.8 Å². The van der Waals surface area contributed by atoms with Crippen molar-refractivity contribution in [1.82, 2.24) is 0 Å². The number of rotatable bonds is 8. The quantitative estimate of drug-likeness (QED) is 0.362. The largest absolute Gasteiger partial charge is 0.460 e. The molecule has 0 saturated carbocycles. The summed E-state index contributed by atoms with van der Waals surface area (Å²) in [4.78, 5) is 22.8. The summed E-state index contributed by atoms with van der Waals surface area (Å²) >= 11 is 0. The second-order valence-electron chi connectivity index (χ2n) is 6.67. The van der Waals surface area contributed by atoms with Crippen LogP contribution in [-0.2, 0) is 19.1 Å².